The molecule has 17 nitrogen and oxygen atoms in total. The second-order valence-corrected chi connectivity index (χ2v) is 17.4. The van der Waals surface area contributed by atoms with Crippen LogP contribution in [0, 0.1) is 17.8 Å². The van der Waals surface area contributed by atoms with Crippen molar-refractivity contribution in [3.63, 3.8) is 0 Å². The van der Waals surface area contributed by atoms with Crippen molar-refractivity contribution in [2.45, 2.75) is 75.7 Å². The van der Waals surface area contributed by atoms with Gasteiger partial charge in [0.1, 0.15) is 29.7 Å². The maximum Gasteiger partial charge on any atom is 0.329 e. The number of carbonyl (C=O) groups is 3. The van der Waals surface area contributed by atoms with Crippen molar-refractivity contribution in [2.24, 2.45) is 13.0 Å². The molecule has 64 heavy (non-hydrogen) atoms. The number of para-hydroxylation sites is 1. The molecule has 2 N–H and O–H groups in total. The van der Waals surface area contributed by atoms with Crippen LogP contribution in [-0.4, -0.2) is 122 Å². The summed E-state index contributed by atoms with van der Waals surface area (Å²) < 4.78 is 44.8. The highest BCUT2D eigenvalue weighted by molar-refractivity contribution is 6.08. The van der Waals surface area contributed by atoms with Crippen LogP contribution >= 0.6 is 0 Å². The third-order valence-electron chi connectivity index (χ3n) is 13.4. The summed E-state index contributed by atoms with van der Waals surface area (Å²) in [5, 5.41) is 9.33. The summed E-state index contributed by atoms with van der Waals surface area (Å²) in [6.45, 7) is 5.87. The minimum absolute atomic E-state index is 0.0359. The lowest BCUT2D eigenvalue weighted by atomic mass is 9.94. The number of pyridine rings is 1. The summed E-state index contributed by atoms with van der Waals surface area (Å²) in [6.07, 6.45) is 7.00. The highest BCUT2D eigenvalue weighted by atomic mass is 19.3. The third-order valence-corrected chi connectivity index (χ3v) is 13.4. The fourth-order valence-corrected chi connectivity index (χ4v) is 10.0. The van der Waals surface area contributed by atoms with Crippen LogP contribution in [0.5, 0.6) is 0 Å². The van der Waals surface area contributed by atoms with Gasteiger partial charge in [-0.1, -0.05) is 17.9 Å². The number of nitrogens with one attached hydrogen (secondary N) is 2. The van der Waals surface area contributed by atoms with E-state index in [0.29, 0.717) is 40.5 Å². The lowest BCUT2D eigenvalue weighted by molar-refractivity contribution is -0.135. The molecule has 10 rings (SSSR count). The minimum Gasteiger partial charge on any atom is -0.374 e. The molecule has 5 fully saturated rings. The normalized spacial score (nSPS) is 22.2. The van der Waals surface area contributed by atoms with E-state index in [1.54, 1.807) is 25.4 Å². The number of anilines is 3. The number of hydrogen-bond acceptors (Lipinski definition) is 12. The number of nitrogens with zero attached hydrogens (tertiary/aromatic N) is 9. The number of benzene rings is 1. The van der Waals surface area contributed by atoms with Gasteiger partial charge in [0.25, 0.3) is 12.3 Å². The van der Waals surface area contributed by atoms with Crippen molar-refractivity contribution in [1.82, 2.24) is 38.9 Å². The summed E-state index contributed by atoms with van der Waals surface area (Å²) in [4.78, 5) is 66.9. The quantitative estimate of drug-likeness (QED) is 0.154. The van der Waals surface area contributed by atoms with E-state index in [1.807, 2.05) is 18.2 Å². The molecule has 0 aliphatic carbocycles. The maximum absolute atomic E-state index is 14.2. The number of halogens is 2. The van der Waals surface area contributed by atoms with Crippen LogP contribution in [-0.2, 0) is 26.1 Å². The second kappa shape index (κ2) is 17.4. The molecular formula is C45H49F2N11O6. The molecule has 334 valence electrons. The number of likely N-dealkylation sites (tertiary alicyclic amines) is 1. The molecular weight excluding hydrogens is 829 g/mol. The van der Waals surface area contributed by atoms with Crippen LogP contribution in [0.2, 0.25) is 0 Å². The van der Waals surface area contributed by atoms with E-state index in [1.165, 1.54) is 26.0 Å². The monoisotopic (exact) mass is 877 g/mol. The zero-order valence-corrected chi connectivity index (χ0v) is 35.4. The predicted molar refractivity (Wildman–Crippen MR) is 231 cm³/mol. The molecule has 19 heteroatoms. The van der Waals surface area contributed by atoms with E-state index in [9.17, 15) is 28.0 Å². The second-order valence-electron chi connectivity index (χ2n) is 17.4. The first-order valence-electron chi connectivity index (χ1n) is 22.0. The number of aromatic nitrogens is 6. The number of hydrogen-bond donors (Lipinski definition) is 2. The van der Waals surface area contributed by atoms with Crippen LogP contribution in [0.25, 0.3) is 16.7 Å². The van der Waals surface area contributed by atoms with E-state index < -0.39 is 30.0 Å². The van der Waals surface area contributed by atoms with E-state index >= 15 is 0 Å². The van der Waals surface area contributed by atoms with E-state index in [2.05, 4.69) is 47.3 Å². The standard InChI is InChI=1S/C45H49F2N11O6/c1-53-40-28(4-2-6-35(40)58(45(53)62)36-7-8-38(59)52-44(36)61)5-3-19-63-31-11-14-54(15-12-31)24-27-9-16-55(17-10-27)29-21-34(39(41(46)47)48-22-29)50-43(60)33-23-49-57-18-13-37(51-42(33)57)56-25-32-20-30(56)26-64-32/h2,4,6,13,18,21-23,27,30-32,36,41H,7-12,14-17,19-20,24-26H2,1H3,(H,50,60)(H,52,59,61)/t30-,32-,36?/m1/s1. The van der Waals surface area contributed by atoms with Gasteiger partial charge in [0.15, 0.2) is 5.65 Å². The lowest BCUT2D eigenvalue weighted by Gasteiger charge is -2.38. The summed E-state index contributed by atoms with van der Waals surface area (Å²) in [6, 6.07) is 8.37. The summed E-state index contributed by atoms with van der Waals surface area (Å²) in [7, 11) is 1.66. The van der Waals surface area contributed by atoms with Gasteiger partial charge in [0.05, 0.1) is 65.2 Å². The Morgan fingerprint density at radius 3 is 2.64 bits per heavy atom. The van der Waals surface area contributed by atoms with Gasteiger partial charge >= 0.3 is 5.69 Å². The fraction of sp³-hybridized carbons (Fsp3) is 0.489. The van der Waals surface area contributed by atoms with Crippen molar-refractivity contribution >= 4 is 51.6 Å². The molecule has 5 saturated heterocycles. The van der Waals surface area contributed by atoms with Crippen LogP contribution in [0.4, 0.5) is 26.0 Å². The lowest BCUT2D eigenvalue weighted by Crippen LogP contribution is -2.44. The molecule has 0 radical (unpaired) electrons. The van der Waals surface area contributed by atoms with Crippen molar-refractivity contribution in [2.75, 3.05) is 67.6 Å². The molecule has 4 aromatic heterocycles. The Balaban J connectivity index is 0.708. The number of aryl methyl sites for hydroxylation is 1. The Morgan fingerprint density at radius 2 is 1.89 bits per heavy atom. The zero-order chi connectivity index (χ0) is 44.1. The summed E-state index contributed by atoms with van der Waals surface area (Å²) in [5.41, 5.74) is 2.22. The first-order valence-corrected chi connectivity index (χ1v) is 22.0. The molecule has 0 spiro atoms. The number of carbonyl (C=O) groups excluding carboxylic acids is 3. The van der Waals surface area contributed by atoms with Gasteiger partial charge in [0.2, 0.25) is 11.8 Å². The smallest absolute Gasteiger partial charge is 0.329 e. The van der Waals surface area contributed by atoms with E-state index in [4.69, 9.17) is 14.5 Å². The van der Waals surface area contributed by atoms with Crippen LogP contribution < -0.4 is 26.1 Å². The molecule has 1 unspecified atom stereocenters. The molecule has 3 atom stereocenters. The number of morpholine rings is 1. The summed E-state index contributed by atoms with van der Waals surface area (Å²) in [5.74, 6) is 6.09. The molecule has 2 bridgehead atoms. The molecule has 5 aromatic rings. The molecule has 0 saturated carbocycles. The fourth-order valence-electron chi connectivity index (χ4n) is 10.0. The number of alkyl halides is 2. The molecule has 5 aliphatic heterocycles. The van der Waals surface area contributed by atoms with Crippen molar-refractivity contribution in [3.8, 4) is 11.8 Å². The third kappa shape index (κ3) is 8.09. The number of amides is 3. The number of fused-ring (bicyclic) bond motifs is 4. The number of imidazole rings is 1. The van der Waals surface area contributed by atoms with Gasteiger partial charge in [-0.15, -0.1) is 0 Å². The largest absolute Gasteiger partial charge is 0.374 e. The van der Waals surface area contributed by atoms with Gasteiger partial charge in [-0.05, 0) is 68.7 Å². The Labute approximate surface area is 366 Å². The average molecular weight is 878 g/mol. The highest BCUT2D eigenvalue weighted by Crippen LogP contribution is 2.34. The SMILES string of the molecule is Cn1c(=O)n(C2CCC(=O)NC2=O)c2cccc(C#CCOC3CCN(CC4CCN(c5cnc(C(F)F)c(NC(=O)c6cnn7ccc(N8C[C@H]9C[C@@H]8CO9)nc67)c5)CC4)CC3)c21. The Kier molecular flexibility index (Phi) is 11.3. The van der Waals surface area contributed by atoms with Gasteiger partial charge in [-0.2, -0.15) is 5.10 Å². The number of piperidine rings is 3. The maximum atomic E-state index is 14.2. The first-order chi connectivity index (χ1) is 31.1. The van der Waals surface area contributed by atoms with Crippen molar-refractivity contribution in [1.29, 1.82) is 0 Å². The number of imide groups is 1. The van der Waals surface area contributed by atoms with Crippen LogP contribution in [0.1, 0.15) is 79.0 Å². The van der Waals surface area contributed by atoms with Crippen molar-refractivity contribution < 1.29 is 32.6 Å². The van der Waals surface area contributed by atoms with Gasteiger partial charge < -0.3 is 29.5 Å². The van der Waals surface area contributed by atoms with Gasteiger partial charge in [-0.3, -0.25) is 33.8 Å². The molecule has 3 amide bonds. The summed E-state index contributed by atoms with van der Waals surface area (Å²) >= 11 is 0. The Hall–Kier alpha value is -6.23. The topological polar surface area (TPSA) is 173 Å². The Bertz CT molecular complexity index is 2740. The van der Waals surface area contributed by atoms with Crippen LogP contribution in [0.15, 0.2) is 53.7 Å². The van der Waals surface area contributed by atoms with Gasteiger partial charge in [0, 0.05) is 58.9 Å². The van der Waals surface area contributed by atoms with Crippen LogP contribution in [0.3, 0.4) is 0 Å². The minimum atomic E-state index is -2.88. The first kappa shape index (κ1) is 41.8. The van der Waals surface area contributed by atoms with E-state index in [0.717, 1.165) is 77.2 Å². The molecule has 1 aromatic carbocycles. The predicted octanol–water partition coefficient (Wildman–Crippen LogP) is 3.67. The number of ether oxygens (including phenoxy) is 2. The highest BCUT2D eigenvalue weighted by Gasteiger charge is 2.40. The number of rotatable bonds is 10. The zero-order valence-electron chi connectivity index (χ0n) is 35.4. The molecule has 5 aliphatic rings. The molecule has 9 heterocycles. The van der Waals surface area contributed by atoms with E-state index in [-0.39, 0.29) is 60.5 Å². The average Bonchev–Trinajstić information content (AvgIpc) is 4.10. The Morgan fingerprint density at radius 1 is 1.06 bits per heavy atom. The van der Waals surface area contributed by atoms with Gasteiger partial charge in [-0.25, -0.2) is 23.1 Å². The van der Waals surface area contributed by atoms with Crippen molar-refractivity contribution in [3.05, 3.63) is 76.2 Å².